The molecule has 1 heterocycles. The summed E-state index contributed by atoms with van der Waals surface area (Å²) in [7, 11) is 2.17. The Hall–Kier alpha value is -0.680. The number of nitrogens with zero attached hydrogens (tertiary/aromatic N) is 2. The first-order chi connectivity index (χ1) is 8.97. The van der Waals surface area contributed by atoms with Gasteiger partial charge in [0.1, 0.15) is 4.99 Å². The van der Waals surface area contributed by atoms with Gasteiger partial charge in [-0.05, 0) is 25.6 Å². The molecule has 1 saturated heterocycles. The minimum Gasteiger partial charge on any atom is -0.389 e. The van der Waals surface area contributed by atoms with Gasteiger partial charge >= 0.3 is 0 Å². The Labute approximate surface area is 125 Å². The summed E-state index contributed by atoms with van der Waals surface area (Å²) in [6.45, 7) is 6.39. The van der Waals surface area contributed by atoms with Crippen molar-refractivity contribution < 1.29 is 0 Å². The van der Waals surface area contributed by atoms with Gasteiger partial charge in [0.25, 0.3) is 0 Å². The molecule has 1 aliphatic heterocycles. The normalized spacial score (nSPS) is 21.5. The van der Waals surface area contributed by atoms with Crippen LogP contribution in [0.1, 0.15) is 18.1 Å². The zero-order valence-corrected chi connectivity index (χ0v) is 13.0. The molecule has 19 heavy (non-hydrogen) atoms. The number of rotatable bonds is 3. The molecule has 0 aliphatic carbocycles. The van der Waals surface area contributed by atoms with Crippen LogP contribution in [-0.2, 0) is 6.54 Å². The van der Waals surface area contributed by atoms with Gasteiger partial charge in [-0.3, -0.25) is 4.90 Å². The van der Waals surface area contributed by atoms with E-state index in [0.29, 0.717) is 11.0 Å². The molecule has 0 saturated carbocycles. The van der Waals surface area contributed by atoms with Gasteiger partial charge in [0.2, 0.25) is 0 Å². The van der Waals surface area contributed by atoms with E-state index in [0.717, 1.165) is 42.3 Å². The molecule has 0 amide bonds. The van der Waals surface area contributed by atoms with E-state index in [2.05, 4.69) is 23.8 Å². The molecule has 1 aromatic carbocycles. The first-order valence-electron chi connectivity index (χ1n) is 6.48. The molecular weight excluding hydrogens is 278 g/mol. The Morgan fingerprint density at radius 2 is 2.21 bits per heavy atom. The second-order valence-corrected chi connectivity index (χ2v) is 6.08. The Balaban J connectivity index is 2.05. The van der Waals surface area contributed by atoms with E-state index < -0.39 is 0 Å². The van der Waals surface area contributed by atoms with Crippen molar-refractivity contribution in [1.82, 2.24) is 9.80 Å². The fourth-order valence-electron chi connectivity index (χ4n) is 2.34. The van der Waals surface area contributed by atoms with Gasteiger partial charge in [-0.15, -0.1) is 0 Å². The Bertz CT molecular complexity index is 478. The molecule has 3 nitrogen and oxygen atoms in total. The number of nitrogens with two attached hydrogens (primary N) is 1. The van der Waals surface area contributed by atoms with Gasteiger partial charge in [-0.2, -0.15) is 0 Å². The first-order valence-corrected chi connectivity index (χ1v) is 7.27. The van der Waals surface area contributed by atoms with E-state index in [1.54, 1.807) is 0 Å². The lowest BCUT2D eigenvalue weighted by atomic mass is 10.1. The minimum atomic E-state index is 0.390. The molecule has 1 aromatic rings. The summed E-state index contributed by atoms with van der Waals surface area (Å²) in [4.78, 5) is 5.21. The smallest absolute Gasteiger partial charge is 0.104 e. The molecule has 5 heteroatoms. The van der Waals surface area contributed by atoms with Crippen LogP contribution in [-0.4, -0.2) is 47.5 Å². The summed E-state index contributed by atoms with van der Waals surface area (Å²) in [5.41, 5.74) is 7.57. The molecule has 1 fully saturated rings. The van der Waals surface area contributed by atoms with Crippen LogP contribution in [0.25, 0.3) is 0 Å². The van der Waals surface area contributed by atoms with E-state index in [1.165, 1.54) is 0 Å². The van der Waals surface area contributed by atoms with Crippen LogP contribution in [0, 0.1) is 0 Å². The van der Waals surface area contributed by atoms with E-state index in [-0.39, 0.29) is 0 Å². The van der Waals surface area contributed by atoms with Crippen molar-refractivity contribution in [1.29, 1.82) is 0 Å². The molecule has 2 N–H and O–H groups in total. The van der Waals surface area contributed by atoms with Crippen molar-refractivity contribution in [3.05, 3.63) is 34.3 Å². The minimum absolute atomic E-state index is 0.390. The molecule has 1 atom stereocenters. The molecule has 1 unspecified atom stereocenters. The van der Waals surface area contributed by atoms with Crippen LogP contribution < -0.4 is 5.73 Å². The summed E-state index contributed by atoms with van der Waals surface area (Å²) >= 11 is 11.3. The number of likely N-dealkylation sites (N-methyl/N-ethyl adjacent to an activating group) is 1. The van der Waals surface area contributed by atoms with Gasteiger partial charge in [-0.25, -0.2) is 0 Å². The van der Waals surface area contributed by atoms with Gasteiger partial charge in [0.15, 0.2) is 0 Å². The SMILES string of the molecule is CC1CN(Cc2ccc(C(N)=S)cc2Cl)CCN1C. The maximum atomic E-state index is 6.31. The van der Waals surface area contributed by atoms with Crippen molar-refractivity contribution in [3.8, 4) is 0 Å². The summed E-state index contributed by atoms with van der Waals surface area (Å²) in [5, 5.41) is 0.747. The molecule has 0 aromatic heterocycles. The van der Waals surface area contributed by atoms with Crippen molar-refractivity contribution in [2.75, 3.05) is 26.7 Å². The van der Waals surface area contributed by atoms with Crippen LogP contribution in [0.4, 0.5) is 0 Å². The number of hydrogen-bond donors (Lipinski definition) is 1. The quantitative estimate of drug-likeness (QED) is 0.866. The summed E-state index contributed by atoms with van der Waals surface area (Å²) in [6.07, 6.45) is 0. The first kappa shape index (κ1) is 14.7. The van der Waals surface area contributed by atoms with E-state index in [1.807, 2.05) is 18.2 Å². The van der Waals surface area contributed by atoms with Gasteiger partial charge in [-0.1, -0.05) is 36.0 Å². The summed E-state index contributed by atoms with van der Waals surface area (Å²) in [5.74, 6) is 0. The lowest BCUT2D eigenvalue weighted by Gasteiger charge is -2.37. The predicted molar refractivity (Wildman–Crippen MR) is 84.7 cm³/mol. The van der Waals surface area contributed by atoms with Crippen LogP contribution in [0.2, 0.25) is 5.02 Å². The zero-order valence-electron chi connectivity index (χ0n) is 11.4. The molecule has 0 spiro atoms. The number of hydrogen-bond acceptors (Lipinski definition) is 3. The van der Waals surface area contributed by atoms with Gasteiger partial charge in [0, 0.05) is 42.8 Å². The Kier molecular flexibility index (Phi) is 4.79. The predicted octanol–water partition coefficient (Wildman–Crippen LogP) is 2.11. The maximum absolute atomic E-state index is 6.31. The fraction of sp³-hybridized carbons (Fsp3) is 0.500. The molecule has 0 bridgehead atoms. The number of thiocarbonyl (C=S) groups is 1. The molecule has 104 valence electrons. The van der Waals surface area contributed by atoms with Crippen LogP contribution in [0.5, 0.6) is 0 Å². The molecule has 1 aliphatic rings. The third kappa shape index (κ3) is 3.66. The van der Waals surface area contributed by atoms with E-state index >= 15 is 0 Å². The maximum Gasteiger partial charge on any atom is 0.104 e. The Morgan fingerprint density at radius 1 is 1.47 bits per heavy atom. The highest BCUT2D eigenvalue weighted by Gasteiger charge is 2.21. The van der Waals surface area contributed by atoms with Crippen molar-refractivity contribution >= 4 is 28.8 Å². The highest BCUT2D eigenvalue weighted by atomic mass is 35.5. The molecule has 2 rings (SSSR count). The topological polar surface area (TPSA) is 32.5 Å². The largest absolute Gasteiger partial charge is 0.389 e. The third-order valence-corrected chi connectivity index (χ3v) is 4.36. The van der Waals surface area contributed by atoms with E-state index in [9.17, 15) is 0 Å². The van der Waals surface area contributed by atoms with Crippen LogP contribution >= 0.6 is 23.8 Å². The second kappa shape index (κ2) is 6.18. The van der Waals surface area contributed by atoms with Crippen LogP contribution in [0.15, 0.2) is 18.2 Å². The van der Waals surface area contributed by atoms with E-state index in [4.69, 9.17) is 29.6 Å². The number of piperazine rings is 1. The average Bonchev–Trinajstić information content (AvgIpc) is 2.36. The van der Waals surface area contributed by atoms with Gasteiger partial charge in [0.05, 0.1) is 0 Å². The standard InChI is InChI=1S/C14H20ClN3S/c1-10-8-18(6-5-17(10)2)9-12-4-3-11(14(16)19)7-13(12)15/h3-4,7,10H,5-6,8-9H2,1-2H3,(H2,16,19). The lowest BCUT2D eigenvalue weighted by Crippen LogP contribution is -2.49. The summed E-state index contributed by atoms with van der Waals surface area (Å²) < 4.78 is 0. The highest BCUT2D eigenvalue weighted by Crippen LogP contribution is 2.21. The molecule has 0 radical (unpaired) electrons. The summed E-state index contributed by atoms with van der Waals surface area (Å²) in [6, 6.07) is 6.42. The fourth-order valence-corrected chi connectivity index (χ4v) is 2.70. The monoisotopic (exact) mass is 297 g/mol. The van der Waals surface area contributed by atoms with Gasteiger partial charge < -0.3 is 10.6 Å². The second-order valence-electron chi connectivity index (χ2n) is 5.24. The third-order valence-electron chi connectivity index (χ3n) is 3.78. The lowest BCUT2D eigenvalue weighted by molar-refractivity contribution is 0.100. The average molecular weight is 298 g/mol. The highest BCUT2D eigenvalue weighted by molar-refractivity contribution is 7.80. The number of benzene rings is 1. The van der Waals surface area contributed by atoms with Crippen molar-refractivity contribution in [3.63, 3.8) is 0 Å². The van der Waals surface area contributed by atoms with Crippen molar-refractivity contribution in [2.45, 2.75) is 19.5 Å². The Morgan fingerprint density at radius 3 is 2.79 bits per heavy atom. The zero-order chi connectivity index (χ0) is 14.0. The van der Waals surface area contributed by atoms with Crippen LogP contribution in [0.3, 0.4) is 0 Å². The van der Waals surface area contributed by atoms with Crippen molar-refractivity contribution in [2.24, 2.45) is 5.73 Å². The molecular formula is C14H20ClN3S. The number of halogens is 1.